The van der Waals surface area contributed by atoms with Gasteiger partial charge in [0.15, 0.2) is 0 Å². The van der Waals surface area contributed by atoms with E-state index in [1.54, 1.807) is 0 Å². The van der Waals surface area contributed by atoms with Crippen molar-refractivity contribution >= 4 is 0 Å². The van der Waals surface area contributed by atoms with Gasteiger partial charge in [0.25, 0.3) is 0 Å². The molecular formula is C15H23NO2. The van der Waals surface area contributed by atoms with Crippen LogP contribution in [0.2, 0.25) is 0 Å². The van der Waals surface area contributed by atoms with Gasteiger partial charge in [0.2, 0.25) is 0 Å². The van der Waals surface area contributed by atoms with Crippen molar-refractivity contribution in [3.05, 3.63) is 29.8 Å². The van der Waals surface area contributed by atoms with Crippen LogP contribution in [0.15, 0.2) is 24.3 Å². The van der Waals surface area contributed by atoms with Crippen LogP contribution in [0.25, 0.3) is 0 Å². The standard InChI is InChI=1S/C15H23NO2/c1-2-8-16-10-14-5-3-4-6-15(14)18-12-13-7-9-17-11-13/h3-6,13,16H,2,7-12H2,1H3. The van der Waals surface area contributed by atoms with E-state index in [0.717, 1.165) is 51.5 Å². The Morgan fingerprint density at radius 2 is 2.28 bits per heavy atom. The molecule has 0 saturated carbocycles. The van der Waals surface area contributed by atoms with Crippen molar-refractivity contribution in [3.63, 3.8) is 0 Å². The average Bonchev–Trinajstić information content (AvgIpc) is 2.91. The van der Waals surface area contributed by atoms with E-state index in [0.29, 0.717) is 5.92 Å². The number of hydrogen-bond donors (Lipinski definition) is 1. The Balaban J connectivity index is 1.85. The van der Waals surface area contributed by atoms with Crippen LogP contribution in [-0.4, -0.2) is 26.4 Å². The zero-order chi connectivity index (χ0) is 12.6. The molecule has 3 nitrogen and oxygen atoms in total. The molecule has 18 heavy (non-hydrogen) atoms. The summed E-state index contributed by atoms with van der Waals surface area (Å²) in [6.07, 6.45) is 2.28. The van der Waals surface area contributed by atoms with Gasteiger partial charge < -0.3 is 14.8 Å². The first-order valence-electron chi connectivity index (χ1n) is 6.89. The molecule has 100 valence electrons. The van der Waals surface area contributed by atoms with E-state index in [4.69, 9.17) is 9.47 Å². The highest BCUT2D eigenvalue weighted by Crippen LogP contribution is 2.20. The van der Waals surface area contributed by atoms with Crippen molar-refractivity contribution in [2.45, 2.75) is 26.3 Å². The summed E-state index contributed by atoms with van der Waals surface area (Å²) in [5, 5.41) is 3.42. The van der Waals surface area contributed by atoms with E-state index in [2.05, 4.69) is 30.4 Å². The fourth-order valence-corrected chi connectivity index (χ4v) is 2.11. The fraction of sp³-hybridized carbons (Fsp3) is 0.600. The fourth-order valence-electron chi connectivity index (χ4n) is 2.11. The topological polar surface area (TPSA) is 30.5 Å². The van der Waals surface area contributed by atoms with E-state index in [1.165, 1.54) is 5.56 Å². The van der Waals surface area contributed by atoms with Gasteiger partial charge in [-0.1, -0.05) is 25.1 Å². The van der Waals surface area contributed by atoms with Crippen LogP contribution < -0.4 is 10.1 Å². The predicted molar refractivity (Wildman–Crippen MR) is 72.9 cm³/mol. The Hall–Kier alpha value is -1.06. The van der Waals surface area contributed by atoms with Gasteiger partial charge in [0.05, 0.1) is 13.2 Å². The number of benzene rings is 1. The highest BCUT2D eigenvalue weighted by Gasteiger charge is 2.16. The van der Waals surface area contributed by atoms with Gasteiger partial charge in [-0.15, -0.1) is 0 Å². The van der Waals surface area contributed by atoms with Gasteiger partial charge in [-0.3, -0.25) is 0 Å². The molecule has 0 radical (unpaired) electrons. The van der Waals surface area contributed by atoms with Gasteiger partial charge in [-0.05, 0) is 25.5 Å². The Labute approximate surface area is 109 Å². The van der Waals surface area contributed by atoms with Crippen LogP contribution in [0.3, 0.4) is 0 Å². The highest BCUT2D eigenvalue weighted by molar-refractivity contribution is 5.33. The molecule has 0 aromatic heterocycles. The number of nitrogens with one attached hydrogen (secondary N) is 1. The molecule has 0 bridgehead atoms. The lowest BCUT2D eigenvalue weighted by Gasteiger charge is -2.14. The predicted octanol–water partition coefficient (Wildman–Crippen LogP) is 2.60. The van der Waals surface area contributed by atoms with Crippen molar-refractivity contribution < 1.29 is 9.47 Å². The maximum Gasteiger partial charge on any atom is 0.123 e. The Morgan fingerprint density at radius 3 is 3.06 bits per heavy atom. The van der Waals surface area contributed by atoms with Gasteiger partial charge in [0, 0.05) is 24.6 Å². The quantitative estimate of drug-likeness (QED) is 0.753. The lowest BCUT2D eigenvalue weighted by atomic mass is 10.1. The molecule has 0 aliphatic carbocycles. The molecule has 1 aromatic rings. The van der Waals surface area contributed by atoms with E-state index < -0.39 is 0 Å². The molecule has 1 unspecified atom stereocenters. The second-order valence-electron chi connectivity index (χ2n) is 4.83. The summed E-state index contributed by atoms with van der Waals surface area (Å²) in [5.41, 5.74) is 1.24. The molecule has 1 aliphatic heterocycles. The summed E-state index contributed by atoms with van der Waals surface area (Å²) >= 11 is 0. The monoisotopic (exact) mass is 249 g/mol. The van der Waals surface area contributed by atoms with E-state index in [9.17, 15) is 0 Å². The summed E-state index contributed by atoms with van der Waals surface area (Å²) in [5.74, 6) is 1.56. The maximum atomic E-state index is 5.93. The molecule has 1 N–H and O–H groups in total. The van der Waals surface area contributed by atoms with Crippen LogP contribution in [0.4, 0.5) is 0 Å². The highest BCUT2D eigenvalue weighted by atomic mass is 16.5. The van der Waals surface area contributed by atoms with Gasteiger partial charge in [-0.25, -0.2) is 0 Å². The van der Waals surface area contributed by atoms with Crippen molar-refractivity contribution in [1.29, 1.82) is 0 Å². The average molecular weight is 249 g/mol. The third-order valence-corrected chi connectivity index (χ3v) is 3.21. The lowest BCUT2D eigenvalue weighted by molar-refractivity contribution is 0.166. The first kappa shape index (κ1) is 13.4. The number of ether oxygens (including phenoxy) is 2. The summed E-state index contributed by atoms with van der Waals surface area (Å²) < 4.78 is 11.3. The smallest absolute Gasteiger partial charge is 0.123 e. The number of para-hydroxylation sites is 1. The molecule has 2 rings (SSSR count). The largest absolute Gasteiger partial charge is 0.493 e. The summed E-state index contributed by atoms with van der Waals surface area (Å²) in [6, 6.07) is 8.28. The Morgan fingerprint density at radius 1 is 1.39 bits per heavy atom. The van der Waals surface area contributed by atoms with Gasteiger partial charge in [-0.2, -0.15) is 0 Å². The van der Waals surface area contributed by atoms with E-state index in [-0.39, 0.29) is 0 Å². The molecule has 1 saturated heterocycles. The molecule has 1 aliphatic rings. The minimum Gasteiger partial charge on any atom is -0.493 e. The Bertz CT molecular complexity index is 348. The van der Waals surface area contributed by atoms with Crippen LogP contribution >= 0.6 is 0 Å². The third kappa shape index (κ3) is 4.00. The molecule has 1 atom stereocenters. The van der Waals surface area contributed by atoms with Crippen LogP contribution in [0, 0.1) is 5.92 Å². The molecule has 0 amide bonds. The normalized spacial score (nSPS) is 19.1. The molecule has 1 fully saturated rings. The summed E-state index contributed by atoms with van der Waals surface area (Å²) in [7, 11) is 0. The van der Waals surface area contributed by atoms with Crippen molar-refractivity contribution in [2.75, 3.05) is 26.4 Å². The van der Waals surface area contributed by atoms with Gasteiger partial charge >= 0.3 is 0 Å². The minimum atomic E-state index is 0.557. The van der Waals surface area contributed by atoms with Crippen molar-refractivity contribution in [1.82, 2.24) is 5.32 Å². The van der Waals surface area contributed by atoms with E-state index >= 15 is 0 Å². The minimum absolute atomic E-state index is 0.557. The third-order valence-electron chi connectivity index (χ3n) is 3.21. The Kier molecular flexibility index (Phi) is 5.49. The first-order valence-corrected chi connectivity index (χ1v) is 6.89. The van der Waals surface area contributed by atoms with Crippen LogP contribution in [0.1, 0.15) is 25.3 Å². The lowest BCUT2D eigenvalue weighted by Crippen LogP contribution is -2.16. The molecule has 3 heteroatoms. The summed E-state index contributed by atoms with van der Waals surface area (Å²) in [6.45, 7) is 6.60. The number of hydrogen-bond acceptors (Lipinski definition) is 3. The summed E-state index contributed by atoms with van der Waals surface area (Å²) in [4.78, 5) is 0. The van der Waals surface area contributed by atoms with Gasteiger partial charge in [0.1, 0.15) is 5.75 Å². The van der Waals surface area contributed by atoms with Crippen LogP contribution in [0.5, 0.6) is 5.75 Å². The zero-order valence-electron chi connectivity index (χ0n) is 11.2. The van der Waals surface area contributed by atoms with E-state index in [1.807, 2.05) is 6.07 Å². The first-order chi connectivity index (χ1) is 8.90. The molecule has 1 heterocycles. The molecular weight excluding hydrogens is 226 g/mol. The molecule has 0 spiro atoms. The second kappa shape index (κ2) is 7.39. The van der Waals surface area contributed by atoms with Crippen molar-refractivity contribution in [3.8, 4) is 5.75 Å². The maximum absolute atomic E-state index is 5.93. The zero-order valence-corrected chi connectivity index (χ0v) is 11.2. The van der Waals surface area contributed by atoms with Crippen LogP contribution in [-0.2, 0) is 11.3 Å². The molecule has 1 aromatic carbocycles. The van der Waals surface area contributed by atoms with Crippen molar-refractivity contribution in [2.24, 2.45) is 5.92 Å². The SMILES string of the molecule is CCCNCc1ccccc1OCC1CCOC1. The second-order valence-corrected chi connectivity index (χ2v) is 4.83. The number of rotatable bonds is 7.